The standard InChI is InChI=1S/C17H13FN2O2S/c18-14-7-2-1-5-12(14)10-22-13-6-3-4-11(8-13)9-15-16(21)20-17(23)19-15/h1-9H,10H2,(H2,19,20,21,23)/b15-9+. The van der Waals surface area contributed by atoms with Crippen LogP contribution in [0.3, 0.4) is 0 Å². The van der Waals surface area contributed by atoms with E-state index in [-0.39, 0.29) is 23.4 Å². The lowest BCUT2D eigenvalue weighted by Crippen LogP contribution is -2.21. The van der Waals surface area contributed by atoms with Gasteiger partial charge in [-0.15, -0.1) is 0 Å². The van der Waals surface area contributed by atoms with Gasteiger partial charge in [0.2, 0.25) is 0 Å². The molecule has 2 N–H and O–H groups in total. The quantitative estimate of drug-likeness (QED) is 0.669. The summed E-state index contributed by atoms with van der Waals surface area (Å²) in [6.07, 6.45) is 1.67. The molecule has 0 aliphatic carbocycles. The zero-order valence-corrected chi connectivity index (χ0v) is 12.8. The molecular weight excluding hydrogens is 315 g/mol. The first kappa shape index (κ1) is 15.2. The molecule has 1 aliphatic rings. The highest BCUT2D eigenvalue weighted by molar-refractivity contribution is 7.80. The predicted molar refractivity (Wildman–Crippen MR) is 89.0 cm³/mol. The summed E-state index contributed by atoms with van der Waals surface area (Å²) in [7, 11) is 0. The number of carbonyl (C=O) groups excluding carboxylic acids is 1. The first-order valence-corrected chi connectivity index (χ1v) is 7.33. The first-order valence-electron chi connectivity index (χ1n) is 6.92. The fraction of sp³-hybridized carbons (Fsp3) is 0.0588. The van der Waals surface area contributed by atoms with Gasteiger partial charge in [-0.05, 0) is 42.1 Å². The maximum absolute atomic E-state index is 13.6. The zero-order chi connectivity index (χ0) is 16.2. The van der Waals surface area contributed by atoms with E-state index in [2.05, 4.69) is 10.6 Å². The van der Waals surface area contributed by atoms with Crippen LogP contribution in [0.15, 0.2) is 54.2 Å². The van der Waals surface area contributed by atoms with E-state index in [0.717, 1.165) is 5.56 Å². The summed E-state index contributed by atoms with van der Waals surface area (Å²) in [5.41, 5.74) is 1.64. The van der Waals surface area contributed by atoms with Gasteiger partial charge in [-0.2, -0.15) is 0 Å². The number of benzene rings is 2. The van der Waals surface area contributed by atoms with Gasteiger partial charge in [0.25, 0.3) is 5.91 Å². The smallest absolute Gasteiger partial charge is 0.273 e. The van der Waals surface area contributed by atoms with E-state index in [1.165, 1.54) is 6.07 Å². The number of hydrogen-bond donors (Lipinski definition) is 2. The van der Waals surface area contributed by atoms with Crippen molar-refractivity contribution in [1.82, 2.24) is 10.6 Å². The Balaban J connectivity index is 1.73. The maximum Gasteiger partial charge on any atom is 0.273 e. The second kappa shape index (κ2) is 6.58. The summed E-state index contributed by atoms with van der Waals surface area (Å²) in [6, 6.07) is 13.6. The Morgan fingerprint density at radius 3 is 2.70 bits per heavy atom. The van der Waals surface area contributed by atoms with Crippen molar-refractivity contribution in [2.75, 3.05) is 0 Å². The van der Waals surface area contributed by atoms with E-state index in [1.54, 1.807) is 42.5 Å². The van der Waals surface area contributed by atoms with Crippen molar-refractivity contribution in [2.45, 2.75) is 6.61 Å². The van der Waals surface area contributed by atoms with Gasteiger partial charge < -0.3 is 10.1 Å². The predicted octanol–water partition coefficient (Wildman–Crippen LogP) is 2.75. The summed E-state index contributed by atoms with van der Waals surface area (Å²) in [4.78, 5) is 11.6. The lowest BCUT2D eigenvalue weighted by Gasteiger charge is -2.08. The lowest BCUT2D eigenvalue weighted by atomic mass is 10.2. The van der Waals surface area contributed by atoms with Crippen LogP contribution in [0.4, 0.5) is 4.39 Å². The summed E-state index contributed by atoms with van der Waals surface area (Å²) >= 11 is 4.88. The molecule has 1 heterocycles. The first-order chi connectivity index (χ1) is 11.1. The van der Waals surface area contributed by atoms with Gasteiger partial charge in [0, 0.05) is 5.56 Å². The van der Waals surface area contributed by atoms with Crippen molar-refractivity contribution >= 4 is 29.3 Å². The van der Waals surface area contributed by atoms with Gasteiger partial charge in [-0.3, -0.25) is 10.1 Å². The highest BCUT2D eigenvalue weighted by Crippen LogP contribution is 2.18. The third-order valence-electron chi connectivity index (χ3n) is 3.24. The molecule has 1 aliphatic heterocycles. The third kappa shape index (κ3) is 3.73. The number of thiocarbonyl (C=S) groups is 1. The molecular formula is C17H13FN2O2S. The van der Waals surface area contributed by atoms with Crippen LogP contribution in [-0.4, -0.2) is 11.0 Å². The van der Waals surface area contributed by atoms with Crippen molar-refractivity contribution in [3.05, 3.63) is 71.2 Å². The minimum atomic E-state index is -0.300. The number of amides is 1. The highest BCUT2D eigenvalue weighted by Gasteiger charge is 2.19. The van der Waals surface area contributed by atoms with Gasteiger partial charge in [0.05, 0.1) is 0 Å². The molecule has 0 saturated carbocycles. The van der Waals surface area contributed by atoms with Crippen LogP contribution in [0.25, 0.3) is 6.08 Å². The monoisotopic (exact) mass is 328 g/mol. The van der Waals surface area contributed by atoms with E-state index < -0.39 is 0 Å². The van der Waals surface area contributed by atoms with Gasteiger partial charge in [-0.1, -0.05) is 30.3 Å². The van der Waals surface area contributed by atoms with E-state index in [1.807, 2.05) is 6.07 Å². The van der Waals surface area contributed by atoms with E-state index in [0.29, 0.717) is 17.0 Å². The molecule has 2 aromatic rings. The van der Waals surface area contributed by atoms with Crippen LogP contribution in [0, 0.1) is 5.82 Å². The average Bonchev–Trinajstić information content (AvgIpc) is 2.84. The van der Waals surface area contributed by atoms with E-state index in [4.69, 9.17) is 17.0 Å². The molecule has 0 aromatic heterocycles. The Bertz CT molecular complexity index is 805. The molecule has 1 amide bonds. The Morgan fingerprint density at radius 2 is 1.96 bits per heavy atom. The fourth-order valence-electron chi connectivity index (χ4n) is 2.12. The average molecular weight is 328 g/mol. The van der Waals surface area contributed by atoms with Crippen LogP contribution < -0.4 is 15.4 Å². The summed E-state index contributed by atoms with van der Waals surface area (Å²) in [5, 5.41) is 5.56. The lowest BCUT2D eigenvalue weighted by molar-refractivity contribution is -0.115. The molecule has 0 radical (unpaired) electrons. The molecule has 0 spiro atoms. The van der Waals surface area contributed by atoms with Crippen molar-refractivity contribution in [2.24, 2.45) is 0 Å². The Hall–Kier alpha value is -2.73. The van der Waals surface area contributed by atoms with Crippen molar-refractivity contribution in [3.63, 3.8) is 0 Å². The molecule has 1 fully saturated rings. The topological polar surface area (TPSA) is 50.4 Å². The molecule has 6 heteroatoms. The minimum Gasteiger partial charge on any atom is -0.489 e. The largest absolute Gasteiger partial charge is 0.489 e. The highest BCUT2D eigenvalue weighted by atomic mass is 32.1. The van der Waals surface area contributed by atoms with Gasteiger partial charge in [0.1, 0.15) is 23.9 Å². The third-order valence-corrected chi connectivity index (χ3v) is 3.45. The Kier molecular flexibility index (Phi) is 4.34. The van der Waals surface area contributed by atoms with E-state index in [9.17, 15) is 9.18 Å². The molecule has 23 heavy (non-hydrogen) atoms. The molecule has 3 rings (SSSR count). The van der Waals surface area contributed by atoms with Crippen molar-refractivity contribution in [3.8, 4) is 5.75 Å². The molecule has 0 atom stereocenters. The molecule has 0 unspecified atom stereocenters. The van der Waals surface area contributed by atoms with Gasteiger partial charge >= 0.3 is 0 Å². The SMILES string of the molecule is O=C1NC(=S)N/C1=C/c1cccc(OCc2ccccc2F)c1. The molecule has 0 bridgehead atoms. The Labute approximate surface area is 138 Å². The minimum absolute atomic E-state index is 0.134. The number of hydrogen-bond acceptors (Lipinski definition) is 3. The maximum atomic E-state index is 13.6. The van der Waals surface area contributed by atoms with Crippen LogP contribution in [0.2, 0.25) is 0 Å². The van der Waals surface area contributed by atoms with Gasteiger partial charge in [-0.25, -0.2) is 4.39 Å². The number of halogens is 1. The van der Waals surface area contributed by atoms with Crippen LogP contribution >= 0.6 is 12.2 Å². The summed E-state index contributed by atoms with van der Waals surface area (Å²) in [5.74, 6) is 0.0161. The second-order valence-corrected chi connectivity index (χ2v) is 5.33. The van der Waals surface area contributed by atoms with Crippen molar-refractivity contribution < 1.29 is 13.9 Å². The fourth-order valence-corrected chi connectivity index (χ4v) is 2.32. The second-order valence-electron chi connectivity index (χ2n) is 4.92. The normalized spacial score (nSPS) is 15.4. The van der Waals surface area contributed by atoms with Crippen LogP contribution in [0.5, 0.6) is 5.75 Å². The van der Waals surface area contributed by atoms with Crippen LogP contribution in [-0.2, 0) is 11.4 Å². The number of ether oxygens (including phenoxy) is 1. The Morgan fingerprint density at radius 1 is 1.13 bits per heavy atom. The number of carbonyl (C=O) groups is 1. The zero-order valence-electron chi connectivity index (χ0n) is 12.0. The van der Waals surface area contributed by atoms with Crippen LogP contribution in [0.1, 0.15) is 11.1 Å². The summed E-state index contributed by atoms with van der Waals surface area (Å²) < 4.78 is 19.2. The number of rotatable bonds is 4. The molecule has 116 valence electrons. The van der Waals surface area contributed by atoms with Crippen molar-refractivity contribution in [1.29, 1.82) is 0 Å². The van der Waals surface area contributed by atoms with Gasteiger partial charge in [0.15, 0.2) is 5.11 Å². The molecule has 1 saturated heterocycles. The number of nitrogens with one attached hydrogen (secondary N) is 2. The molecule has 2 aromatic carbocycles. The molecule has 4 nitrogen and oxygen atoms in total. The van der Waals surface area contributed by atoms with E-state index >= 15 is 0 Å². The summed E-state index contributed by atoms with van der Waals surface area (Å²) in [6.45, 7) is 0.134.